The fraction of sp³-hybridized carbons (Fsp3) is 0.214. The minimum absolute atomic E-state index is 0.175. The molecule has 1 amide bonds. The Morgan fingerprint density at radius 2 is 2.19 bits per heavy atom. The standard InChI is InChI=1S/C14H13BrN2O3S/c1-3-20-14(19)13-17-11(7-21-13)12(18)16-10-5-4-9(15)6-8(10)2/h4-7H,3H2,1-2H3,(H,16,18). The van der Waals surface area contributed by atoms with Crippen molar-refractivity contribution in [3.63, 3.8) is 0 Å². The van der Waals surface area contributed by atoms with Crippen molar-refractivity contribution in [3.8, 4) is 0 Å². The molecule has 0 atom stereocenters. The van der Waals surface area contributed by atoms with Crippen molar-refractivity contribution >= 4 is 44.8 Å². The van der Waals surface area contributed by atoms with E-state index < -0.39 is 5.97 Å². The summed E-state index contributed by atoms with van der Waals surface area (Å²) in [5.41, 5.74) is 1.83. The summed E-state index contributed by atoms with van der Waals surface area (Å²) in [6.07, 6.45) is 0. The van der Waals surface area contributed by atoms with Gasteiger partial charge in [0.05, 0.1) is 6.61 Å². The largest absolute Gasteiger partial charge is 0.461 e. The van der Waals surface area contributed by atoms with Crippen molar-refractivity contribution in [1.82, 2.24) is 4.98 Å². The summed E-state index contributed by atoms with van der Waals surface area (Å²) in [7, 11) is 0. The highest BCUT2D eigenvalue weighted by molar-refractivity contribution is 9.10. The van der Waals surface area contributed by atoms with Gasteiger partial charge in [-0.05, 0) is 37.6 Å². The van der Waals surface area contributed by atoms with Gasteiger partial charge in [-0.15, -0.1) is 11.3 Å². The number of aromatic nitrogens is 1. The predicted octanol–water partition coefficient (Wildman–Crippen LogP) is 3.64. The molecule has 0 bridgehead atoms. The lowest BCUT2D eigenvalue weighted by molar-refractivity contribution is 0.0526. The Labute approximate surface area is 134 Å². The van der Waals surface area contributed by atoms with Gasteiger partial charge in [-0.1, -0.05) is 15.9 Å². The quantitative estimate of drug-likeness (QED) is 0.836. The molecule has 1 N–H and O–H groups in total. The monoisotopic (exact) mass is 368 g/mol. The Hall–Kier alpha value is -1.73. The van der Waals surface area contributed by atoms with E-state index in [0.717, 1.165) is 21.4 Å². The highest BCUT2D eigenvalue weighted by Gasteiger charge is 2.16. The molecule has 0 spiro atoms. The zero-order valence-electron chi connectivity index (χ0n) is 11.5. The van der Waals surface area contributed by atoms with Crippen molar-refractivity contribution in [3.05, 3.63) is 44.3 Å². The molecular formula is C14H13BrN2O3S. The van der Waals surface area contributed by atoms with Crippen molar-refractivity contribution in [2.45, 2.75) is 13.8 Å². The number of amides is 1. The van der Waals surface area contributed by atoms with Gasteiger partial charge >= 0.3 is 5.97 Å². The summed E-state index contributed by atoms with van der Waals surface area (Å²) in [5.74, 6) is -0.867. The summed E-state index contributed by atoms with van der Waals surface area (Å²) in [6, 6.07) is 5.55. The molecule has 1 heterocycles. The molecule has 2 aromatic rings. The van der Waals surface area contributed by atoms with Crippen LogP contribution in [0.5, 0.6) is 0 Å². The number of aryl methyl sites for hydroxylation is 1. The predicted molar refractivity (Wildman–Crippen MR) is 84.9 cm³/mol. The Bertz CT molecular complexity index is 685. The highest BCUT2D eigenvalue weighted by atomic mass is 79.9. The van der Waals surface area contributed by atoms with Crippen LogP contribution in [0.1, 0.15) is 32.8 Å². The third kappa shape index (κ3) is 3.89. The second-order valence-electron chi connectivity index (χ2n) is 4.17. The number of hydrogen-bond acceptors (Lipinski definition) is 5. The lowest BCUT2D eigenvalue weighted by Gasteiger charge is -2.07. The molecule has 0 radical (unpaired) electrons. The molecule has 5 nitrogen and oxygen atoms in total. The van der Waals surface area contributed by atoms with Gasteiger partial charge in [0.2, 0.25) is 5.01 Å². The first-order valence-electron chi connectivity index (χ1n) is 6.21. The summed E-state index contributed by atoms with van der Waals surface area (Å²) in [4.78, 5) is 27.6. The molecule has 110 valence electrons. The molecule has 1 aromatic carbocycles. The summed E-state index contributed by atoms with van der Waals surface area (Å²) < 4.78 is 5.78. The maximum absolute atomic E-state index is 12.1. The summed E-state index contributed by atoms with van der Waals surface area (Å²) >= 11 is 4.46. The molecule has 0 aliphatic carbocycles. The Morgan fingerprint density at radius 1 is 1.43 bits per heavy atom. The van der Waals surface area contributed by atoms with Crippen LogP contribution in [-0.2, 0) is 4.74 Å². The Morgan fingerprint density at radius 3 is 2.86 bits per heavy atom. The summed E-state index contributed by atoms with van der Waals surface area (Å²) in [6.45, 7) is 3.89. The van der Waals surface area contributed by atoms with Crippen molar-refractivity contribution in [2.24, 2.45) is 0 Å². The first-order valence-corrected chi connectivity index (χ1v) is 7.88. The number of hydrogen-bond donors (Lipinski definition) is 1. The van der Waals surface area contributed by atoms with E-state index in [9.17, 15) is 9.59 Å². The third-order valence-corrected chi connectivity index (χ3v) is 3.94. The number of ether oxygens (including phenoxy) is 1. The molecule has 0 saturated heterocycles. The van der Waals surface area contributed by atoms with Crippen LogP contribution >= 0.6 is 27.3 Å². The number of nitrogens with one attached hydrogen (secondary N) is 1. The van der Waals surface area contributed by atoms with Crippen LogP contribution in [0.2, 0.25) is 0 Å². The lowest BCUT2D eigenvalue weighted by atomic mass is 10.2. The van der Waals surface area contributed by atoms with Gasteiger partial charge in [-0.2, -0.15) is 0 Å². The number of nitrogens with zero attached hydrogens (tertiary/aromatic N) is 1. The van der Waals surface area contributed by atoms with Crippen molar-refractivity contribution in [2.75, 3.05) is 11.9 Å². The van der Waals surface area contributed by atoms with Crippen LogP contribution in [0.3, 0.4) is 0 Å². The number of rotatable bonds is 4. The SMILES string of the molecule is CCOC(=O)c1nc(C(=O)Nc2ccc(Br)cc2C)cs1. The fourth-order valence-corrected chi connectivity index (χ4v) is 2.78. The smallest absolute Gasteiger partial charge is 0.367 e. The van der Waals surface area contributed by atoms with E-state index in [1.807, 2.05) is 19.1 Å². The number of carbonyl (C=O) groups excluding carboxylic acids is 2. The number of halogens is 1. The number of anilines is 1. The fourth-order valence-electron chi connectivity index (χ4n) is 1.62. The van der Waals surface area contributed by atoms with Crippen molar-refractivity contribution in [1.29, 1.82) is 0 Å². The van der Waals surface area contributed by atoms with Gasteiger partial charge < -0.3 is 10.1 Å². The molecule has 21 heavy (non-hydrogen) atoms. The lowest BCUT2D eigenvalue weighted by Crippen LogP contribution is -2.14. The Balaban J connectivity index is 2.12. The normalized spacial score (nSPS) is 10.2. The van der Waals surface area contributed by atoms with Crippen LogP contribution in [0.15, 0.2) is 28.1 Å². The number of benzene rings is 1. The van der Waals surface area contributed by atoms with E-state index in [1.165, 1.54) is 5.38 Å². The molecule has 1 aromatic heterocycles. The van der Waals surface area contributed by atoms with Crippen molar-refractivity contribution < 1.29 is 14.3 Å². The third-order valence-electron chi connectivity index (χ3n) is 2.62. The van der Waals surface area contributed by atoms with E-state index in [1.54, 1.807) is 13.0 Å². The average Bonchev–Trinajstić information content (AvgIpc) is 2.92. The van der Waals surface area contributed by atoms with Crippen LogP contribution in [0.25, 0.3) is 0 Å². The average molecular weight is 369 g/mol. The maximum Gasteiger partial charge on any atom is 0.367 e. The number of carbonyl (C=O) groups is 2. The molecule has 0 fully saturated rings. The zero-order valence-corrected chi connectivity index (χ0v) is 13.9. The van der Waals surface area contributed by atoms with Gasteiger partial charge in [0.15, 0.2) is 0 Å². The van der Waals surface area contributed by atoms with Gasteiger partial charge in [0, 0.05) is 15.5 Å². The van der Waals surface area contributed by atoms with Gasteiger partial charge in [0.1, 0.15) is 5.69 Å². The summed E-state index contributed by atoms with van der Waals surface area (Å²) in [5, 5.41) is 4.48. The van der Waals surface area contributed by atoms with Gasteiger partial charge in [-0.3, -0.25) is 4.79 Å². The molecule has 7 heteroatoms. The first kappa shape index (κ1) is 15.7. The van der Waals surface area contributed by atoms with Crippen LogP contribution in [0.4, 0.5) is 5.69 Å². The van der Waals surface area contributed by atoms with Crippen LogP contribution < -0.4 is 5.32 Å². The van der Waals surface area contributed by atoms with Crippen LogP contribution in [0, 0.1) is 6.92 Å². The van der Waals surface area contributed by atoms with Gasteiger partial charge in [-0.25, -0.2) is 9.78 Å². The molecular weight excluding hydrogens is 356 g/mol. The van der Waals surface area contributed by atoms with E-state index >= 15 is 0 Å². The molecule has 2 rings (SSSR count). The van der Waals surface area contributed by atoms with E-state index in [2.05, 4.69) is 26.2 Å². The van der Waals surface area contributed by atoms with E-state index in [4.69, 9.17) is 4.74 Å². The second kappa shape index (κ2) is 6.82. The number of thiazole rings is 1. The minimum Gasteiger partial charge on any atom is -0.461 e. The topological polar surface area (TPSA) is 68.3 Å². The van der Waals surface area contributed by atoms with Gasteiger partial charge in [0.25, 0.3) is 5.91 Å². The molecule has 0 aliphatic rings. The second-order valence-corrected chi connectivity index (χ2v) is 5.95. The maximum atomic E-state index is 12.1. The molecule has 0 saturated carbocycles. The minimum atomic E-state index is -0.513. The van der Waals surface area contributed by atoms with E-state index in [-0.39, 0.29) is 23.2 Å². The Kier molecular flexibility index (Phi) is 5.08. The van der Waals surface area contributed by atoms with Crippen LogP contribution in [-0.4, -0.2) is 23.5 Å². The highest BCUT2D eigenvalue weighted by Crippen LogP contribution is 2.21. The van der Waals surface area contributed by atoms with E-state index in [0.29, 0.717) is 5.69 Å². The first-order chi connectivity index (χ1) is 10.0. The zero-order chi connectivity index (χ0) is 15.4. The molecule has 0 unspecified atom stereocenters. The molecule has 0 aliphatic heterocycles. The number of esters is 1.